The Morgan fingerprint density at radius 3 is 2.36 bits per heavy atom. The first-order valence-corrected chi connectivity index (χ1v) is 15.7. The second kappa shape index (κ2) is 12.7. The molecule has 2 unspecified atom stereocenters. The van der Waals surface area contributed by atoms with Gasteiger partial charge in [0.15, 0.2) is 0 Å². The number of amides is 1. The van der Waals surface area contributed by atoms with Crippen molar-refractivity contribution in [1.29, 1.82) is 0 Å². The molecular formula is C35H43FN4O2. The molecule has 0 aromatic heterocycles. The van der Waals surface area contributed by atoms with Gasteiger partial charge >= 0.3 is 0 Å². The van der Waals surface area contributed by atoms with Crippen LogP contribution in [-0.4, -0.2) is 47.8 Å². The zero-order valence-corrected chi connectivity index (χ0v) is 24.6. The molecule has 1 saturated carbocycles. The van der Waals surface area contributed by atoms with Crippen molar-refractivity contribution in [2.45, 2.75) is 76.6 Å². The SMILES string of the molecule is Cc1cccc(F)c1C(=O)N1CCCC(C(O)Nc2cccc(N3CCCC3)c2)[C@@H]1c1ccc(NC2CCCC2)cc1. The van der Waals surface area contributed by atoms with Gasteiger partial charge in [-0.15, -0.1) is 0 Å². The van der Waals surface area contributed by atoms with Crippen molar-refractivity contribution in [2.75, 3.05) is 35.2 Å². The number of piperidine rings is 1. The van der Waals surface area contributed by atoms with E-state index in [1.807, 2.05) is 12.1 Å². The number of nitrogens with one attached hydrogen (secondary N) is 2. The molecular weight excluding hydrogens is 527 g/mol. The number of hydrogen-bond donors (Lipinski definition) is 3. The van der Waals surface area contributed by atoms with Gasteiger partial charge in [-0.2, -0.15) is 0 Å². The quantitative estimate of drug-likeness (QED) is 0.252. The standard InChI is InChI=1S/C35H43FN4O2/c1-24-9-6-15-31(36)32(24)35(42)40-22-8-14-30(33(40)25-16-18-27(19-17-25)37-26-10-2-3-11-26)34(41)38-28-12-7-13-29(23-28)39-20-4-5-21-39/h6-7,9,12-13,15-19,23,26,30,33-34,37-38,41H,2-5,8,10-11,14,20-22H2,1H3/t30?,33-,34?/m0/s1. The number of aryl methyl sites for hydroxylation is 1. The summed E-state index contributed by atoms with van der Waals surface area (Å²) in [6, 6.07) is 21.4. The van der Waals surface area contributed by atoms with Crippen LogP contribution >= 0.6 is 0 Å². The lowest BCUT2D eigenvalue weighted by molar-refractivity contribution is 0.0158. The highest BCUT2D eigenvalue weighted by molar-refractivity contribution is 5.96. The van der Waals surface area contributed by atoms with E-state index in [1.54, 1.807) is 24.0 Å². The average Bonchev–Trinajstić information content (AvgIpc) is 3.72. The molecule has 6 nitrogen and oxygen atoms in total. The minimum absolute atomic E-state index is 0.114. The Balaban J connectivity index is 1.29. The summed E-state index contributed by atoms with van der Waals surface area (Å²) < 4.78 is 15.0. The van der Waals surface area contributed by atoms with Crippen LogP contribution in [0.3, 0.4) is 0 Å². The molecule has 2 heterocycles. The van der Waals surface area contributed by atoms with E-state index in [2.05, 4.69) is 51.9 Å². The van der Waals surface area contributed by atoms with Gasteiger partial charge in [0.2, 0.25) is 0 Å². The molecule has 3 fully saturated rings. The second-order valence-electron chi connectivity index (χ2n) is 12.3. The van der Waals surface area contributed by atoms with Crippen molar-refractivity contribution >= 4 is 23.0 Å². The highest BCUT2D eigenvalue weighted by Gasteiger charge is 2.40. The van der Waals surface area contributed by atoms with E-state index in [4.69, 9.17) is 0 Å². The zero-order chi connectivity index (χ0) is 29.1. The molecule has 222 valence electrons. The van der Waals surface area contributed by atoms with Crippen molar-refractivity contribution in [3.8, 4) is 0 Å². The first kappa shape index (κ1) is 28.5. The monoisotopic (exact) mass is 570 g/mol. The van der Waals surface area contributed by atoms with E-state index in [0.717, 1.165) is 48.6 Å². The lowest BCUT2D eigenvalue weighted by Crippen LogP contribution is -2.48. The molecule has 7 heteroatoms. The predicted octanol–water partition coefficient (Wildman–Crippen LogP) is 7.11. The van der Waals surface area contributed by atoms with Crippen LogP contribution in [0.4, 0.5) is 21.5 Å². The van der Waals surface area contributed by atoms with Gasteiger partial charge in [-0.05, 0) is 93.0 Å². The van der Waals surface area contributed by atoms with Crippen LogP contribution in [0.1, 0.15) is 78.9 Å². The van der Waals surface area contributed by atoms with Crippen LogP contribution < -0.4 is 15.5 Å². The van der Waals surface area contributed by atoms with E-state index < -0.39 is 18.1 Å². The van der Waals surface area contributed by atoms with Gasteiger partial charge in [-0.1, -0.05) is 43.2 Å². The maximum atomic E-state index is 15.0. The molecule has 0 radical (unpaired) electrons. The summed E-state index contributed by atoms with van der Waals surface area (Å²) in [5, 5.41) is 18.7. The fourth-order valence-electron chi connectivity index (χ4n) is 7.19. The summed E-state index contributed by atoms with van der Waals surface area (Å²) in [5.41, 5.74) is 4.76. The Kier molecular flexibility index (Phi) is 8.66. The molecule has 0 spiro atoms. The van der Waals surface area contributed by atoms with Crippen LogP contribution in [0.15, 0.2) is 66.7 Å². The summed E-state index contributed by atoms with van der Waals surface area (Å²) >= 11 is 0. The summed E-state index contributed by atoms with van der Waals surface area (Å²) in [6.07, 6.45) is 7.88. The van der Waals surface area contributed by atoms with Gasteiger partial charge in [0, 0.05) is 48.7 Å². The predicted molar refractivity (Wildman–Crippen MR) is 167 cm³/mol. The Morgan fingerprint density at radius 2 is 1.62 bits per heavy atom. The van der Waals surface area contributed by atoms with Gasteiger partial charge in [-0.25, -0.2) is 4.39 Å². The normalized spacial score (nSPS) is 21.9. The molecule has 3 atom stereocenters. The molecule has 6 rings (SSSR count). The number of halogens is 1. The fourth-order valence-corrected chi connectivity index (χ4v) is 7.19. The minimum atomic E-state index is -0.891. The van der Waals surface area contributed by atoms with Crippen LogP contribution in [0.5, 0.6) is 0 Å². The Labute approximate surface area is 248 Å². The molecule has 1 aliphatic carbocycles. The van der Waals surface area contributed by atoms with Crippen LogP contribution in [-0.2, 0) is 0 Å². The molecule has 2 aliphatic heterocycles. The smallest absolute Gasteiger partial charge is 0.257 e. The zero-order valence-electron chi connectivity index (χ0n) is 24.6. The van der Waals surface area contributed by atoms with E-state index in [1.165, 1.54) is 44.6 Å². The number of likely N-dealkylation sites (tertiary alicyclic amines) is 1. The molecule has 1 amide bonds. The lowest BCUT2D eigenvalue weighted by atomic mass is 9.82. The number of carbonyl (C=O) groups is 1. The third-order valence-electron chi connectivity index (χ3n) is 9.39. The number of aliphatic hydroxyl groups excluding tert-OH is 1. The third-order valence-corrected chi connectivity index (χ3v) is 9.39. The van der Waals surface area contributed by atoms with E-state index in [-0.39, 0.29) is 17.4 Å². The number of rotatable bonds is 8. The van der Waals surface area contributed by atoms with Crippen molar-refractivity contribution in [3.63, 3.8) is 0 Å². The molecule has 3 aromatic rings. The van der Waals surface area contributed by atoms with Crippen LogP contribution in [0.25, 0.3) is 0 Å². The highest BCUT2D eigenvalue weighted by atomic mass is 19.1. The Morgan fingerprint density at radius 1 is 0.881 bits per heavy atom. The molecule has 42 heavy (non-hydrogen) atoms. The van der Waals surface area contributed by atoms with Crippen molar-refractivity contribution in [1.82, 2.24) is 4.90 Å². The first-order valence-electron chi connectivity index (χ1n) is 15.7. The number of anilines is 3. The summed E-state index contributed by atoms with van der Waals surface area (Å²) in [7, 11) is 0. The number of hydrogen-bond acceptors (Lipinski definition) is 5. The highest BCUT2D eigenvalue weighted by Crippen LogP contribution is 2.40. The number of benzene rings is 3. The maximum absolute atomic E-state index is 15.0. The van der Waals surface area contributed by atoms with E-state index in [0.29, 0.717) is 18.2 Å². The summed E-state index contributed by atoms with van der Waals surface area (Å²) in [4.78, 5) is 18.2. The van der Waals surface area contributed by atoms with Gasteiger partial charge in [0.25, 0.3) is 5.91 Å². The topological polar surface area (TPSA) is 67.8 Å². The van der Waals surface area contributed by atoms with Crippen LogP contribution in [0, 0.1) is 18.7 Å². The molecule has 3 aromatic carbocycles. The van der Waals surface area contributed by atoms with Gasteiger partial charge in [-0.3, -0.25) is 4.79 Å². The summed E-state index contributed by atoms with van der Waals surface area (Å²) in [5.74, 6) is -1.11. The summed E-state index contributed by atoms with van der Waals surface area (Å²) in [6.45, 7) is 4.39. The van der Waals surface area contributed by atoms with Crippen molar-refractivity contribution in [2.24, 2.45) is 5.92 Å². The van der Waals surface area contributed by atoms with Gasteiger partial charge in [0.05, 0.1) is 11.6 Å². The lowest BCUT2D eigenvalue weighted by Gasteiger charge is -2.44. The Hall–Kier alpha value is -3.58. The largest absolute Gasteiger partial charge is 0.382 e. The van der Waals surface area contributed by atoms with E-state index >= 15 is 4.39 Å². The van der Waals surface area contributed by atoms with E-state index in [9.17, 15) is 9.90 Å². The average molecular weight is 571 g/mol. The number of nitrogens with zero attached hydrogens (tertiary/aromatic N) is 2. The fraction of sp³-hybridized carbons (Fsp3) is 0.457. The number of carbonyl (C=O) groups excluding carboxylic acids is 1. The molecule has 3 N–H and O–H groups in total. The molecule has 3 aliphatic rings. The first-order chi connectivity index (χ1) is 20.5. The Bertz CT molecular complexity index is 1350. The van der Waals surface area contributed by atoms with Crippen molar-refractivity contribution < 1.29 is 14.3 Å². The minimum Gasteiger partial charge on any atom is -0.382 e. The third kappa shape index (κ3) is 6.12. The van der Waals surface area contributed by atoms with Crippen LogP contribution in [0.2, 0.25) is 0 Å². The second-order valence-corrected chi connectivity index (χ2v) is 12.3. The van der Waals surface area contributed by atoms with Crippen molar-refractivity contribution in [3.05, 3.63) is 89.2 Å². The van der Waals surface area contributed by atoms with Gasteiger partial charge in [0.1, 0.15) is 12.0 Å². The molecule has 2 saturated heterocycles. The maximum Gasteiger partial charge on any atom is 0.257 e. The molecule has 0 bridgehead atoms. The van der Waals surface area contributed by atoms with Gasteiger partial charge < -0.3 is 25.5 Å². The number of aliphatic hydroxyl groups is 1.